The molecule has 5 unspecified atom stereocenters. The Labute approximate surface area is 146 Å². The van der Waals surface area contributed by atoms with Crippen LogP contribution in [0.15, 0.2) is 0 Å². The van der Waals surface area contributed by atoms with Crippen molar-refractivity contribution in [3.63, 3.8) is 0 Å². The Morgan fingerprint density at radius 1 is 1.21 bits per heavy atom. The standard InChI is InChI=1S/C17H32O6Si/c1-13(21-11-15-12-22-15)10-17-8-5-6-14(16(17)23-17)7-9-24(18-2,19-3)20-4/h13-16H,5-12H2,1-4H3. The Balaban J connectivity index is 1.47. The fourth-order valence-corrected chi connectivity index (χ4v) is 6.06. The van der Waals surface area contributed by atoms with Crippen LogP contribution in [0.1, 0.15) is 39.0 Å². The number of hydrogen-bond acceptors (Lipinski definition) is 6. The lowest BCUT2D eigenvalue weighted by Gasteiger charge is -2.29. The zero-order valence-electron chi connectivity index (χ0n) is 15.4. The molecule has 0 amide bonds. The Morgan fingerprint density at radius 3 is 2.54 bits per heavy atom. The number of ether oxygens (including phenoxy) is 3. The Kier molecular flexibility index (Phi) is 6.01. The molecule has 6 nitrogen and oxygen atoms in total. The molecule has 2 saturated heterocycles. The maximum atomic E-state index is 6.22. The molecule has 2 aliphatic heterocycles. The van der Waals surface area contributed by atoms with Crippen molar-refractivity contribution in [2.45, 2.75) is 69.0 Å². The summed E-state index contributed by atoms with van der Waals surface area (Å²) in [5.74, 6) is 0.574. The first-order valence-electron chi connectivity index (χ1n) is 9.13. The molecule has 0 spiro atoms. The van der Waals surface area contributed by atoms with Crippen molar-refractivity contribution in [2.75, 3.05) is 34.5 Å². The summed E-state index contributed by atoms with van der Waals surface area (Å²) in [5.41, 5.74) is 0.0458. The van der Waals surface area contributed by atoms with Gasteiger partial charge in [0, 0.05) is 33.8 Å². The predicted molar refractivity (Wildman–Crippen MR) is 90.9 cm³/mol. The van der Waals surface area contributed by atoms with E-state index in [1.54, 1.807) is 21.3 Å². The molecule has 3 aliphatic rings. The molecule has 0 aromatic carbocycles. The summed E-state index contributed by atoms with van der Waals surface area (Å²) in [6, 6.07) is 0.849. The van der Waals surface area contributed by atoms with Gasteiger partial charge < -0.3 is 27.5 Å². The average molecular weight is 361 g/mol. The van der Waals surface area contributed by atoms with Crippen LogP contribution in [0.5, 0.6) is 0 Å². The van der Waals surface area contributed by atoms with Crippen LogP contribution in [0.2, 0.25) is 6.04 Å². The lowest BCUT2D eigenvalue weighted by Crippen LogP contribution is -2.43. The van der Waals surface area contributed by atoms with Gasteiger partial charge in [-0.05, 0) is 32.1 Å². The van der Waals surface area contributed by atoms with Crippen molar-refractivity contribution in [1.82, 2.24) is 0 Å². The minimum absolute atomic E-state index is 0.0458. The number of rotatable bonds is 11. The molecule has 0 radical (unpaired) electrons. The van der Waals surface area contributed by atoms with Crippen LogP contribution in [0, 0.1) is 5.92 Å². The van der Waals surface area contributed by atoms with Gasteiger partial charge in [-0.25, -0.2) is 0 Å². The highest BCUT2D eigenvalue weighted by molar-refractivity contribution is 6.60. The first kappa shape index (κ1) is 18.8. The van der Waals surface area contributed by atoms with Gasteiger partial charge in [0.15, 0.2) is 0 Å². The molecule has 3 fully saturated rings. The van der Waals surface area contributed by atoms with Gasteiger partial charge in [-0.1, -0.05) is 6.42 Å². The predicted octanol–water partition coefficient (Wildman–Crippen LogP) is 2.39. The molecule has 0 aromatic heterocycles. The summed E-state index contributed by atoms with van der Waals surface area (Å²) < 4.78 is 34.0. The topological polar surface area (TPSA) is 62.0 Å². The third-order valence-corrected chi connectivity index (χ3v) is 8.55. The molecule has 140 valence electrons. The summed E-state index contributed by atoms with van der Waals surface area (Å²) in [6.45, 7) is 3.72. The van der Waals surface area contributed by atoms with Crippen molar-refractivity contribution in [3.05, 3.63) is 0 Å². The van der Waals surface area contributed by atoms with Crippen molar-refractivity contribution < 1.29 is 27.5 Å². The summed E-state index contributed by atoms with van der Waals surface area (Å²) in [6.07, 6.45) is 6.55. The van der Waals surface area contributed by atoms with Crippen LogP contribution in [-0.2, 0) is 27.5 Å². The second-order valence-corrected chi connectivity index (χ2v) is 10.5. The van der Waals surface area contributed by atoms with Crippen molar-refractivity contribution >= 4 is 8.80 Å². The van der Waals surface area contributed by atoms with Crippen LogP contribution in [0.4, 0.5) is 0 Å². The second-order valence-electron chi connectivity index (χ2n) is 7.39. The molecular formula is C17H32O6Si. The Morgan fingerprint density at radius 2 is 1.92 bits per heavy atom. The van der Waals surface area contributed by atoms with E-state index in [9.17, 15) is 0 Å². The van der Waals surface area contributed by atoms with Crippen molar-refractivity contribution in [3.8, 4) is 0 Å². The highest BCUT2D eigenvalue weighted by Gasteiger charge is 2.61. The highest BCUT2D eigenvalue weighted by Crippen LogP contribution is 2.55. The lowest BCUT2D eigenvalue weighted by molar-refractivity contribution is 0.0310. The molecule has 7 heteroatoms. The van der Waals surface area contributed by atoms with E-state index < -0.39 is 8.80 Å². The minimum Gasteiger partial charge on any atom is -0.377 e. The summed E-state index contributed by atoms with van der Waals surface area (Å²) in [5, 5.41) is 0. The average Bonchev–Trinajstić information content (AvgIpc) is 3.49. The fourth-order valence-electron chi connectivity index (χ4n) is 4.22. The molecule has 1 aliphatic carbocycles. The zero-order chi connectivity index (χ0) is 17.2. The molecule has 0 aromatic rings. The molecule has 2 heterocycles. The van der Waals surface area contributed by atoms with E-state index in [0.29, 0.717) is 18.1 Å². The Bertz CT molecular complexity index is 406. The van der Waals surface area contributed by atoms with Gasteiger partial charge in [-0.3, -0.25) is 0 Å². The molecule has 3 rings (SSSR count). The smallest absolute Gasteiger partial charge is 0.377 e. The van der Waals surface area contributed by atoms with Gasteiger partial charge >= 0.3 is 8.80 Å². The molecule has 24 heavy (non-hydrogen) atoms. The fraction of sp³-hybridized carbons (Fsp3) is 1.00. The van der Waals surface area contributed by atoms with Crippen LogP contribution in [-0.4, -0.2) is 67.3 Å². The normalized spacial score (nSPS) is 36.2. The maximum absolute atomic E-state index is 6.22. The van der Waals surface area contributed by atoms with E-state index in [1.807, 2.05) is 0 Å². The zero-order valence-corrected chi connectivity index (χ0v) is 16.4. The van der Waals surface area contributed by atoms with E-state index >= 15 is 0 Å². The maximum Gasteiger partial charge on any atom is 0.500 e. The van der Waals surface area contributed by atoms with E-state index in [1.165, 1.54) is 12.8 Å². The molecule has 0 bridgehead atoms. The van der Waals surface area contributed by atoms with E-state index in [2.05, 4.69) is 6.92 Å². The molecule has 5 atom stereocenters. The van der Waals surface area contributed by atoms with Crippen LogP contribution in [0.25, 0.3) is 0 Å². The number of hydrogen-bond donors (Lipinski definition) is 0. The summed E-state index contributed by atoms with van der Waals surface area (Å²) in [4.78, 5) is 0. The van der Waals surface area contributed by atoms with Gasteiger partial charge in [0.05, 0.1) is 31.0 Å². The third kappa shape index (κ3) is 4.20. The lowest BCUT2D eigenvalue weighted by atomic mass is 9.78. The van der Waals surface area contributed by atoms with Crippen LogP contribution >= 0.6 is 0 Å². The van der Waals surface area contributed by atoms with Gasteiger partial charge in [0.2, 0.25) is 0 Å². The largest absolute Gasteiger partial charge is 0.500 e. The quantitative estimate of drug-likeness (QED) is 0.416. The van der Waals surface area contributed by atoms with E-state index in [-0.39, 0.29) is 11.7 Å². The third-order valence-electron chi connectivity index (χ3n) is 5.78. The highest BCUT2D eigenvalue weighted by atomic mass is 28.4. The van der Waals surface area contributed by atoms with Crippen molar-refractivity contribution in [1.29, 1.82) is 0 Å². The van der Waals surface area contributed by atoms with E-state index in [4.69, 9.17) is 27.5 Å². The van der Waals surface area contributed by atoms with E-state index in [0.717, 1.165) is 38.5 Å². The van der Waals surface area contributed by atoms with Gasteiger partial charge in [-0.2, -0.15) is 0 Å². The van der Waals surface area contributed by atoms with Gasteiger partial charge in [0.25, 0.3) is 0 Å². The van der Waals surface area contributed by atoms with Crippen LogP contribution < -0.4 is 0 Å². The van der Waals surface area contributed by atoms with Gasteiger partial charge in [-0.15, -0.1) is 0 Å². The SMILES string of the molecule is CO[Si](CCC1CCCC2(CC(C)OCC3CO3)OC12)(OC)OC. The first-order valence-corrected chi connectivity index (χ1v) is 11.1. The van der Waals surface area contributed by atoms with Crippen LogP contribution in [0.3, 0.4) is 0 Å². The minimum atomic E-state index is -2.48. The summed E-state index contributed by atoms with van der Waals surface area (Å²) >= 11 is 0. The van der Waals surface area contributed by atoms with Crippen molar-refractivity contribution in [2.24, 2.45) is 5.92 Å². The number of fused-ring (bicyclic) bond motifs is 1. The number of epoxide rings is 2. The second kappa shape index (κ2) is 7.69. The Hall–Kier alpha value is -0.0231. The summed E-state index contributed by atoms with van der Waals surface area (Å²) in [7, 11) is 2.56. The molecule has 1 saturated carbocycles. The van der Waals surface area contributed by atoms with Gasteiger partial charge in [0.1, 0.15) is 6.10 Å². The molecular weight excluding hydrogens is 328 g/mol. The molecule has 0 N–H and O–H groups in total. The first-order chi connectivity index (χ1) is 11.6. The monoisotopic (exact) mass is 360 g/mol.